The highest BCUT2D eigenvalue weighted by molar-refractivity contribution is 6.33. The normalized spacial score (nSPS) is 16.1. The second-order valence-electron chi connectivity index (χ2n) is 4.57. The zero-order valence-corrected chi connectivity index (χ0v) is 12.0. The van der Waals surface area contributed by atoms with Gasteiger partial charge in [0.1, 0.15) is 5.82 Å². The van der Waals surface area contributed by atoms with Crippen molar-refractivity contribution in [2.45, 2.75) is 12.8 Å². The van der Waals surface area contributed by atoms with Gasteiger partial charge in [0.2, 0.25) is 0 Å². The summed E-state index contributed by atoms with van der Waals surface area (Å²) < 4.78 is 13.6. The van der Waals surface area contributed by atoms with Crippen molar-refractivity contribution >= 4 is 29.9 Å². The Labute approximate surface area is 123 Å². The van der Waals surface area contributed by atoms with Crippen LogP contribution in [0.4, 0.5) is 4.39 Å². The summed E-state index contributed by atoms with van der Waals surface area (Å²) in [6, 6.07) is 4.28. The molecule has 1 aliphatic heterocycles. The van der Waals surface area contributed by atoms with Gasteiger partial charge in [0.25, 0.3) is 5.91 Å². The van der Waals surface area contributed by atoms with Crippen molar-refractivity contribution in [1.82, 2.24) is 4.90 Å². The van der Waals surface area contributed by atoms with Gasteiger partial charge in [0.15, 0.2) is 0 Å². The Kier molecular flexibility index (Phi) is 6.04. The first-order valence-electron chi connectivity index (χ1n) is 6.07. The molecule has 0 aliphatic carbocycles. The van der Waals surface area contributed by atoms with E-state index in [9.17, 15) is 9.18 Å². The van der Waals surface area contributed by atoms with E-state index in [2.05, 4.69) is 0 Å². The van der Waals surface area contributed by atoms with Crippen LogP contribution in [0.1, 0.15) is 23.2 Å². The summed E-state index contributed by atoms with van der Waals surface area (Å²) in [5.74, 6) is -0.424. The molecule has 1 saturated heterocycles. The van der Waals surface area contributed by atoms with E-state index in [0.29, 0.717) is 25.6 Å². The van der Waals surface area contributed by atoms with Crippen molar-refractivity contribution in [2.24, 2.45) is 11.7 Å². The number of halogens is 3. The number of hydrogen-bond acceptors (Lipinski definition) is 2. The molecule has 1 fully saturated rings. The van der Waals surface area contributed by atoms with E-state index in [1.54, 1.807) is 4.90 Å². The lowest BCUT2D eigenvalue weighted by atomic mass is 9.96. The minimum absolute atomic E-state index is 0. The summed E-state index contributed by atoms with van der Waals surface area (Å²) in [4.78, 5) is 13.9. The molecule has 1 aromatic carbocycles. The van der Waals surface area contributed by atoms with E-state index >= 15 is 0 Å². The number of piperidine rings is 1. The van der Waals surface area contributed by atoms with Crippen LogP contribution in [-0.2, 0) is 0 Å². The van der Waals surface area contributed by atoms with E-state index in [1.807, 2.05) is 0 Å². The first-order valence-corrected chi connectivity index (χ1v) is 6.44. The zero-order valence-electron chi connectivity index (χ0n) is 10.4. The van der Waals surface area contributed by atoms with Crippen molar-refractivity contribution in [3.05, 3.63) is 34.6 Å². The zero-order chi connectivity index (χ0) is 13.1. The number of likely N-dealkylation sites (tertiary alicyclic amines) is 1. The first-order chi connectivity index (χ1) is 8.63. The first kappa shape index (κ1) is 16.2. The van der Waals surface area contributed by atoms with Gasteiger partial charge in [-0.2, -0.15) is 0 Å². The lowest BCUT2D eigenvalue weighted by molar-refractivity contribution is 0.0689. The second kappa shape index (κ2) is 7.08. The largest absolute Gasteiger partial charge is 0.338 e. The Balaban J connectivity index is 0.00000180. The molecule has 0 spiro atoms. The van der Waals surface area contributed by atoms with E-state index in [0.717, 1.165) is 12.8 Å². The number of rotatable bonds is 2. The van der Waals surface area contributed by atoms with Gasteiger partial charge in [-0.15, -0.1) is 12.4 Å². The van der Waals surface area contributed by atoms with Gasteiger partial charge in [-0.1, -0.05) is 17.7 Å². The van der Waals surface area contributed by atoms with Gasteiger partial charge in [-0.05, 0) is 37.4 Å². The Morgan fingerprint density at radius 1 is 1.42 bits per heavy atom. The predicted molar refractivity (Wildman–Crippen MR) is 76.3 cm³/mol. The second-order valence-corrected chi connectivity index (χ2v) is 4.98. The molecular formula is C13H17Cl2FN2O. The fraction of sp³-hybridized carbons (Fsp3) is 0.462. The van der Waals surface area contributed by atoms with Gasteiger partial charge in [-0.25, -0.2) is 4.39 Å². The molecule has 19 heavy (non-hydrogen) atoms. The molecule has 0 atom stereocenters. The van der Waals surface area contributed by atoms with Crippen molar-refractivity contribution in [3.63, 3.8) is 0 Å². The van der Waals surface area contributed by atoms with Gasteiger partial charge in [-0.3, -0.25) is 4.79 Å². The van der Waals surface area contributed by atoms with Gasteiger partial charge in [0, 0.05) is 13.1 Å². The molecule has 0 bridgehead atoms. The molecule has 0 radical (unpaired) electrons. The number of hydrogen-bond donors (Lipinski definition) is 1. The smallest absolute Gasteiger partial charge is 0.258 e. The molecule has 0 unspecified atom stereocenters. The molecule has 1 aliphatic rings. The van der Waals surface area contributed by atoms with Crippen molar-refractivity contribution in [1.29, 1.82) is 0 Å². The number of carbonyl (C=O) groups is 1. The maximum atomic E-state index is 13.6. The standard InChI is InChI=1S/C13H16ClFN2O.ClH/c14-10-2-1-3-11(15)12(10)13(18)17-6-4-9(8-16)5-7-17;/h1-3,9H,4-8,16H2;1H. The van der Waals surface area contributed by atoms with Gasteiger partial charge >= 0.3 is 0 Å². The SMILES string of the molecule is Cl.NCC1CCN(C(=O)c2c(F)cccc2Cl)CC1. The van der Waals surface area contributed by atoms with E-state index in [1.165, 1.54) is 18.2 Å². The third-order valence-corrected chi connectivity index (χ3v) is 3.73. The summed E-state index contributed by atoms with van der Waals surface area (Å²) in [6.45, 7) is 1.87. The third kappa shape index (κ3) is 3.59. The highest BCUT2D eigenvalue weighted by Crippen LogP contribution is 2.23. The Morgan fingerprint density at radius 3 is 2.58 bits per heavy atom. The summed E-state index contributed by atoms with van der Waals surface area (Å²) in [6.07, 6.45) is 1.74. The fourth-order valence-corrected chi connectivity index (χ4v) is 2.48. The summed E-state index contributed by atoms with van der Waals surface area (Å²) in [5, 5.41) is 0.168. The minimum atomic E-state index is -0.562. The third-order valence-electron chi connectivity index (χ3n) is 3.41. The van der Waals surface area contributed by atoms with Crippen LogP contribution in [0.15, 0.2) is 18.2 Å². The summed E-state index contributed by atoms with van der Waals surface area (Å²) >= 11 is 5.89. The Bertz CT molecular complexity index is 428. The number of nitrogens with two attached hydrogens (primary N) is 1. The lowest BCUT2D eigenvalue weighted by Gasteiger charge is -2.31. The predicted octanol–water partition coefficient (Wildman–Crippen LogP) is 2.71. The average molecular weight is 307 g/mol. The Morgan fingerprint density at radius 2 is 2.05 bits per heavy atom. The molecule has 1 aromatic rings. The van der Waals surface area contributed by atoms with E-state index in [4.69, 9.17) is 17.3 Å². The minimum Gasteiger partial charge on any atom is -0.338 e. The Hall–Kier alpha value is -0.840. The quantitative estimate of drug-likeness (QED) is 0.913. The van der Waals surface area contributed by atoms with E-state index < -0.39 is 5.82 Å². The number of amides is 1. The van der Waals surface area contributed by atoms with Crippen LogP contribution in [-0.4, -0.2) is 30.4 Å². The molecule has 0 saturated carbocycles. The van der Waals surface area contributed by atoms with Crippen LogP contribution in [0.25, 0.3) is 0 Å². The van der Waals surface area contributed by atoms with Crippen molar-refractivity contribution < 1.29 is 9.18 Å². The number of carbonyl (C=O) groups excluding carboxylic acids is 1. The maximum Gasteiger partial charge on any atom is 0.258 e. The van der Waals surface area contributed by atoms with Crippen LogP contribution in [0.2, 0.25) is 5.02 Å². The molecule has 106 valence electrons. The number of nitrogens with zero attached hydrogens (tertiary/aromatic N) is 1. The molecule has 3 nitrogen and oxygen atoms in total. The molecule has 6 heteroatoms. The topological polar surface area (TPSA) is 46.3 Å². The highest BCUT2D eigenvalue weighted by atomic mass is 35.5. The lowest BCUT2D eigenvalue weighted by Crippen LogP contribution is -2.40. The molecule has 1 heterocycles. The van der Waals surface area contributed by atoms with Gasteiger partial charge < -0.3 is 10.6 Å². The highest BCUT2D eigenvalue weighted by Gasteiger charge is 2.26. The van der Waals surface area contributed by atoms with Crippen LogP contribution in [0, 0.1) is 11.7 Å². The molecule has 1 amide bonds. The molecule has 0 aromatic heterocycles. The summed E-state index contributed by atoms with van der Waals surface area (Å²) in [5.41, 5.74) is 5.58. The van der Waals surface area contributed by atoms with E-state index in [-0.39, 0.29) is 28.9 Å². The van der Waals surface area contributed by atoms with Crippen LogP contribution < -0.4 is 5.73 Å². The number of benzene rings is 1. The maximum absolute atomic E-state index is 13.6. The van der Waals surface area contributed by atoms with Crippen LogP contribution in [0.5, 0.6) is 0 Å². The monoisotopic (exact) mass is 306 g/mol. The van der Waals surface area contributed by atoms with Crippen molar-refractivity contribution in [3.8, 4) is 0 Å². The van der Waals surface area contributed by atoms with Crippen LogP contribution in [0.3, 0.4) is 0 Å². The van der Waals surface area contributed by atoms with Gasteiger partial charge in [0.05, 0.1) is 10.6 Å². The average Bonchev–Trinajstić information content (AvgIpc) is 2.38. The summed E-state index contributed by atoms with van der Waals surface area (Å²) in [7, 11) is 0. The molecule has 2 N–H and O–H groups in total. The molecule has 2 rings (SSSR count). The van der Waals surface area contributed by atoms with Crippen molar-refractivity contribution in [2.75, 3.05) is 19.6 Å². The molecular weight excluding hydrogens is 290 g/mol. The fourth-order valence-electron chi connectivity index (χ4n) is 2.23. The van der Waals surface area contributed by atoms with Crippen LogP contribution >= 0.6 is 24.0 Å².